The molecule has 170 valence electrons. The van der Waals surface area contributed by atoms with Crippen molar-refractivity contribution in [3.05, 3.63) is 75.9 Å². The summed E-state index contributed by atoms with van der Waals surface area (Å²) in [5, 5.41) is 4.72. The van der Waals surface area contributed by atoms with Gasteiger partial charge in [-0.3, -0.25) is 14.4 Å². The lowest BCUT2D eigenvalue weighted by molar-refractivity contribution is -0.144. The minimum atomic E-state index is -4.61. The van der Waals surface area contributed by atoms with Crippen molar-refractivity contribution in [2.24, 2.45) is 0 Å². The second-order valence-electron chi connectivity index (χ2n) is 8.52. The molecule has 1 aromatic carbocycles. The van der Waals surface area contributed by atoms with E-state index in [9.17, 15) is 18.0 Å². The van der Waals surface area contributed by atoms with Gasteiger partial charge in [-0.1, -0.05) is 17.7 Å². The normalized spacial score (nSPS) is 17.3. The monoisotopic (exact) mass is 444 g/mol. The quantitative estimate of drug-likeness (QED) is 0.519. The summed E-state index contributed by atoms with van der Waals surface area (Å²) >= 11 is 0. The summed E-state index contributed by atoms with van der Waals surface area (Å²) in [6.07, 6.45) is 0.723. The van der Waals surface area contributed by atoms with Gasteiger partial charge in [0, 0.05) is 41.8 Å². The standard InChI is InChI=1S/C24H27F3N4O/c1-4-9-31-17(3)18(13-28-31)14-29-10-5-6-19(29)15-30-21-8-7-16(2)11-20(21)22(32)12-23(30)24(25,26)27/h4,7-8,11-13,19H,1,5-6,9-10,14-15H2,2-3H3. The van der Waals surface area contributed by atoms with E-state index in [0.717, 1.165) is 42.3 Å². The molecule has 1 saturated heterocycles. The Morgan fingerprint density at radius 3 is 2.75 bits per heavy atom. The lowest BCUT2D eigenvalue weighted by Gasteiger charge is -2.28. The van der Waals surface area contributed by atoms with E-state index in [1.54, 1.807) is 24.3 Å². The second-order valence-corrected chi connectivity index (χ2v) is 8.52. The molecule has 1 unspecified atom stereocenters. The Morgan fingerprint density at radius 1 is 1.25 bits per heavy atom. The molecule has 0 bridgehead atoms. The molecule has 2 aromatic heterocycles. The van der Waals surface area contributed by atoms with Gasteiger partial charge < -0.3 is 4.57 Å². The highest BCUT2D eigenvalue weighted by molar-refractivity contribution is 5.80. The lowest BCUT2D eigenvalue weighted by atomic mass is 10.1. The summed E-state index contributed by atoms with van der Waals surface area (Å²) in [6, 6.07) is 5.72. The zero-order valence-electron chi connectivity index (χ0n) is 18.3. The highest BCUT2D eigenvalue weighted by Crippen LogP contribution is 2.32. The molecule has 1 fully saturated rings. The SMILES string of the molecule is C=CCn1ncc(CN2CCCC2Cn2c(C(F)(F)F)cc(=O)c3cc(C)ccc32)c1C. The van der Waals surface area contributed by atoms with Gasteiger partial charge in [-0.25, -0.2) is 0 Å². The number of benzene rings is 1. The van der Waals surface area contributed by atoms with Crippen molar-refractivity contribution in [3.8, 4) is 0 Å². The third-order valence-corrected chi connectivity index (χ3v) is 6.33. The highest BCUT2D eigenvalue weighted by atomic mass is 19.4. The third kappa shape index (κ3) is 4.24. The summed E-state index contributed by atoms with van der Waals surface area (Å²) in [5.41, 5.74) is 1.79. The van der Waals surface area contributed by atoms with Crippen molar-refractivity contribution in [3.63, 3.8) is 0 Å². The van der Waals surface area contributed by atoms with Crippen LogP contribution >= 0.6 is 0 Å². The molecule has 32 heavy (non-hydrogen) atoms. The van der Waals surface area contributed by atoms with Crippen LogP contribution in [-0.4, -0.2) is 31.8 Å². The van der Waals surface area contributed by atoms with E-state index in [0.29, 0.717) is 24.0 Å². The average Bonchev–Trinajstić information content (AvgIpc) is 3.31. The van der Waals surface area contributed by atoms with Gasteiger partial charge in [0.15, 0.2) is 5.43 Å². The number of halogens is 3. The average molecular weight is 445 g/mol. The van der Waals surface area contributed by atoms with Crippen molar-refractivity contribution in [1.29, 1.82) is 0 Å². The van der Waals surface area contributed by atoms with Crippen molar-refractivity contribution < 1.29 is 13.2 Å². The lowest BCUT2D eigenvalue weighted by Crippen LogP contribution is -2.35. The molecule has 0 amide bonds. The maximum absolute atomic E-state index is 13.9. The van der Waals surface area contributed by atoms with Crippen LogP contribution in [0.4, 0.5) is 13.2 Å². The largest absolute Gasteiger partial charge is 0.431 e. The van der Waals surface area contributed by atoms with Crippen molar-refractivity contribution in [2.45, 2.75) is 58.5 Å². The van der Waals surface area contributed by atoms with E-state index < -0.39 is 17.3 Å². The number of alkyl halides is 3. The number of hydrogen-bond donors (Lipinski definition) is 0. The fourth-order valence-corrected chi connectivity index (χ4v) is 4.61. The number of hydrogen-bond acceptors (Lipinski definition) is 3. The van der Waals surface area contributed by atoms with Crippen LogP contribution in [0.3, 0.4) is 0 Å². The first-order valence-corrected chi connectivity index (χ1v) is 10.8. The zero-order valence-corrected chi connectivity index (χ0v) is 18.3. The summed E-state index contributed by atoms with van der Waals surface area (Å²) in [5.74, 6) is 0. The number of aromatic nitrogens is 3. The fraction of sp³-hybridized carbons (Fsp3) is 0.417. The maximum atomic E-state index is 13.9. The number of allylic oxidation sites excluding steroid dienone is 1. The first-order valence-electron chi connectivity index (χ1n) is 10.8. The van der Waals surface area contributed by atoms with Gasteiger partial charge in [0.25, 0.3) is 0 Å². The predicted molar refractivity (Wildman–Crippen MR) is 119 cm³/mol. The topological polar surface area (TPSA) is 43.1 Å². The molecule has 1 aliphatic rings. The van der Waals surface area contributed by atoms with Crippen molar-refractivity contribution in [2.75, 3.05) is 6.54 Å². The fourth-order valence-electron chi connectivity index (χ4n) is 4.61. The molecule has 3 heterocycles. The molecular weight excluding hydrogens is 417 g/mol. The van der Waals surface area contributed by atoms with Gasteiger partial charge in [-0.05, 0) is 45.4 Å². The number of aryl methyl sites for hydroxylation is 1. The van der Waals surface area contributed by atoms with Crippen LogP contribution in [0.5, 0.6) is 0 Å². The van der Waals surface area contributed by atoms with Crippen LogP contribution in [-0.2, 0) is 25.8 Å². The number of pyridine rings is 1. The minimum absolute atomic E-state index is 0.0646. The third-order valence-electron chi connectivity index (χ3n) is 6.33. The van der Waals surface area contributed by atoms with Crippen LogP contribution in [0.2, 0.25) is 0 Å². The van der Waals surface area contributed by atoms with Gasteiger partial charge in [0.05, 0.1) is 18.3 Å². The van der Waals surface area contributed by atoms with E-state index in [1.807, 2.05) is 24.7 Å². The molecule has 8 heteroatoms. The molecule has 0 N–H and O–H groups in total. The predicted octanol–water partition coefficient (Wildman–Crippen LogP) is 4.68. The van der Waals surface area contributed by atoms with Gasteiger partial charge >= 0.3 is 6.18 Å². The van der Waals surface area contributed by atoms with E-state index in [-0.39, 0.29) is 12.6 Å². The molecule has 0 spiro atoms. The molecule has 0 aliphatic carbocycles. The maximum Gasteiger partial charge on any atom is 0.431 e. The van der Waals surface area contributed by atoms with Gasteiger partial charge in [0.2, 0.25) is 0 Å². The summed E-state index contributed by atoms with van der Waals surface area (Å²) in [7, 11) is 0. The van der Waals surface area contributed by atoms with Gasteiger partial charge in [0.1, 0.15) is 5.69 Å². The molecular formula is C24H27F3N4O. The summed E-state index contributed by atoms with van der Waals surface area (Å²) in [4.78, 5) is 14.7. The smallest absolute Gasteiger partial charge is 0.335 e. The Labute approximate surface area is 184 Å². The Hall–Kier alpha value is -2.87. The Balaban J connectivity index is 1.69. The van der Waals surface area contributed by atoms with E-state index >= 15 is 0 Å². The van der Waals surface area contributed by atoms with Crippen molar-refractivity contribution >= 4 is 10.9 Å². The summed E-state index contributed by atoms with van der Waals surface area (Å²) < 4.78 is 44.8. The molecule has 4 rings (SSSR count). The number of rotatable bonds is 6. The highest BCUT2D eigenvalue weighted by Gasteiger charge is 2.36. The molecule has 1 atom stereocenters. The van der Waals surface area contributed by atoms with E-state index in [2.05, 4.69) is 16.6 Å². The molecule has 0 saturated carbocycles. The molecule has 0 radical (unpaired) electrons. The van der Waals surface area contributed by atoms with Crippen LogP contribution in [0.15, 0.2) is 47.9 Å². The number of fused-ring (bicyclic) bond motifs is 1. The first kappa shape index (κ1) is 22.3. The van der Waals surface area contributed by atoms with Crippen LogP contribution < -0.4 is 5.43 Å². The van der Waals surface area contributed by atoms with E-state index in [4.69, 9.17) is 0 Å². The minimum Gasteiger partial charge on any atom is -0.335 e. The number of likely N-dealkylation sites (tertiary alicyclic amines) is 1. The Morgan fingerprint density at radius 2 is 2.03 bits per heavy atom. The van der Waals surface area contributed by atoms with Crippen LogP contribution in [0, 0.1) is 13.8 Å². The van der Waals surface area contributed by atoms with Crippen molar-refractivity contribution in [1.82, 2.24) is 19.2 Å². The Kier molecular flexibility index (Phi) is 5.99. The van der Waals surface area contributed by atoms with Crippen LogP contribution in [0.1, 0.15) is 35.4 Å². The molecule has 5 nitrogen and oxygen atoms in total. The van der Waals surface area contributed by atoms with Crippen LogP contribution in [0.25, 0.3) is 10.9 Å². The zero-order chi connectivity index (χ0) is 23.0. The van der Waals surface area contributed by atoms with Gasteiger partial charge in [-0.15, -0.1) is 6.58 Å². The Bertz CT molecular complexity index is 1210. The second kappa shape index (κ2) is 8.58. The molecule has 1 aliphatic heterocycles. The molecule has 3 aromatic rings. The number of nitrogens with zero attached hydrogens (tertiary/aromatic N) is 4. The summed E-state index contributed by atoms with van der Waals surface area (Å²) in [6.45, 7) is 9.81. The van der Waals surface area contributed by atoms with E-state index in [1.165, 1.54) is 4.57 Å². The van der Waals surface area contributed by atoms with Gasteiger partial charge in [-0.2, -0.15) is 18.3 Å². The first-order chi connectivity index (χ1) is 15.2.